The molecule has 2 aromatic heterocycles. The molecule has 12 aromatic rings. The van der Waals surface area contributed by atoms with E-state index in [0.717, 1.165) is 11.4 Å². The minimum absolute atomic E-state index is 1.13. The molecule has 0 aliphatic rings. The molecule has 0 radical (unpaired) electrons. The third-order valence-corrected chi connectivity index (χ3v) is 17.9. The molecular weight excluding hydrogens is 777 g/mol. The van der Waals surface area contributed by atoms with Gasteiger partial charge in [-0.05, 0) is 91.5 Å². The second-order valence-electron chi connectivity index (χ2n) is 16.5. The molecule has 10 aromatic carbocycles. The summed E-state index contributed by atoms with van der Waals surface area (Å²) in [5, 5.41) is 10.5. The van der Waals surface area contributed by atoms with Crippen molar-refractivity contribution < 1.29 is 0 Å². The molecule has 0 atom stereocenters. The summed E-state index contributed by atoms with van der Waals surface area (Å²) in [6, 6.07) is 94.3. The molecule has 0 bridgehead atoms. The molecule has 0 saturated carbocycles. The number of para-hydroxylation sites is 2. The van der Waals surface area contributed by atoms with Crippen LogP contribution in [0.5, 0.6) is 0 Å². The van der Waals surface area contributed by atoms with Gasteiger partial charge >= 0.3 is 0 Å². The summed E-state index contributed by atoms with van der Waals surface area (Å²) in [6.07, 6.45) is 0. The summed E-state index contributed by atoms with van der Waals surface area (Å²) < 4.78 is 4.98. The van der Waals surface area contributed by atoms with E-state index in [1.54, 1.807) is 0 Å². The summed E-state index contributed by atoms with van der Waals surface area (Å²) in [4.78, 5) is 0. The Labute approximate surface area is 368 Å². The lowest BCUT2D eigenvalue weighted by Crippen LogP contribution is -2.74. The van der Waals surface area contributed by atoms with Crippen molar-refractivity contribution in [2.75, 3.05) is 0 Å². The smallest absolute Gasteiger partial charge is 0.180 e. The lowest BCUT2D eigenvalue weighted by Gasteiger charge is -2.35. The molecule has 0 spiro atoms. The molecule has 0 aliphatic carbocycles. The van der Waals surface area contributed by atoms with Crippen LogP contribution in [0.2, 0.25) is 0 Å². The standard InChI is InChI=1S/C60H42N2Si/c1-6-21-43(22-7-1)45-39-46(44-23-8-2-9-24-44)41-48(40-45)62-55-33-18-16-31-52(55)53-38-37-47(42-58(53)62)61-56-34-19-17-32-54(56)60-57(61)35-20-36-59(60)63(49-25-10-3-11-26-49,50-27-12-4-13-28-50)51-29-14-5-15-30-51/h1-42H. The average Bonchev–Trinajstić information content (AvgIpc) is 3.89. The molecule has 296 valence electrons. The van der Waals surface area contributed by atoms with Gasteiger partial charge < -0.3 is 9.13 Å². The van der Waals surface area contributed by atoms with Crippen LogP contribution in [0, 0.1) is 0 Å². The van der Waals surface area contributed by atoms with Crippen molar-refractivity contribution in [1.82, 2.24) is 9.13 Å². The van der Waals surface area contributed by atoms with Crippen LogP contribution in [-0.2, 0) is 0 Å². The van der Waals surface area contributed by atoms with Gasteiger partial charge in [-0.25, -0.2) is 0 Å². The Hall–Kier alpha value is -7.98. The predicted octanol–water partition coefficient (Wildman–Crippen LogP) is 12.6. The number of rotatable bonds is 8. The maximum atomic E-state index is 2.51. The summed E-state index contributed by atoms with van der Waals surface area (Å²) in [7, 11) is -2.87. The predicted molar refractivity (Wildman–Crippen MR) is 270 cm³/mol. The van der Waals surface area contributed by atoms with Crippen molar-refractivity contribution in [3.63, 3.8) is 0 Å². The number of aromatic nitrogens is 2. The van der Waals surface area contributed by atoms with E-state index in [9.17, 15) is 0 Å². The van der Waals surface area contributed by atoms with Crippen LogP contribution in [0.3, 0.4) is 0 Å². The van der Waals surface area contributed by atoms with Crippen molar-refractivity contribution in [2.24, 2.45) is 0 Å². The molecule has 0 N–H and O–H groups in total. The van der Waals surface area contributed by atoms with Crippen molar-refractivity contribution in [1.29, 1.82) is 0 Å². The molecule has 2 heterocycles. The molecule has 0 unspecified atom stereocenters. The Kier molecular flexibility index (Phi) is 8.87. The summed E-state index contributed by atoms with van der Waals surface area (Å²) in [6.45, 7) is 0. The fourth-order valence-corrected chi connectivity index (χ4v) is 15.3. The quantitative estimate of drug-likeness (QED) is 0.107. The highest BCUT2D eigenvalue weighted by atomic mass is 28.3. The van der Waals surface area contributed by atoms with Crippen LogP contribution < -0.4 is 20.7 Å². The van der Waals surface area contributed by atoms with Crippen LogP contribution in [0.4, 0.5) is 0 Å². The zero-order chi connectivity index (χ0) is 41.7. The number of benzene rings is 10. The first kappa shape index (κ1) is 36.8. The Balaban J connectivity index is 1.15. The van der Waals surface area contributed by atoms with Gasteiger partial charge in [-0.3, -0.25) is 0 Å². The second kappa shape index (κ2) is 15.2. The van der Waals surface area contributed by atoms with Crippen molar-refractivity contribution in [3.05, 3.63) is 255 Å². The summed E-state index contributed by atoms with van der Waals surface area (Å²) in [5.41, 5.74) is 11.8. The Morgan fingerprint density at radius 2 is 0.683 bits per heavy atom. The SMILES string of the molecule is c1ccc(-c2cc(-c3ccccc3)cc(-n3c4ccccc4c4ccc(-n5c6ccccc6c6c([Si](c7ccccc7)(c7ccccc7)c7ccccc7)cccc65)cc43)c2)cc1. The van der Waals surface area contributed by atoms with Crippen molar-refractivity contribution in [3.8, 4) is 33.6 Å². The van der Waals surface area contributed by atoms with Gasteiger partial charge in [-0.1, -0.05) is 206 Å². The number of nitrogens with zero attached hydrogens (tertiary/aromatic N) is 2. The largest absolute Gasteiger partial charge is 0.309 e. The topological polar surface area (TPSA) is 9.86 Å². The fourth-order valence-electron chi connectivity index (χ4n) is 10.4. The third-order valence-electron chi connectivity index (χ3n) is 13.0. The van der Waals surface area contributed by atoms with E-state index >= 15 is 0 Å². The number of hydrogen-bond acceptors (Lipinski definition) is 0. The van der Waals surface area contributed by atoms with E-state index in [1.807, 2.05) is 0 Å². The highest BCUT2D eigenvalue weighted by Crippen LogP contribution is 2.39. The second-order valence-corrected chi connectivity index (χ2v) is 20.2. The van der Waals surface area contributed by atoms with Crippen LogP contribution in [0.1, 0.15) is 0 Å². The van der Waals surface area contributed by atoms with Gasteiger partial charge in [0.1, 0.15) is 0 Å². The molecule has 0 aliphatic heterocycles. The number of fused-ring (bicyclic) bond motifs is 6. The molecular formula is C60H42N2Si. The highest BCUT2D eigenvalue weighted by Gasteiger charge is 2.43. The van der Waals surface area contributed by atoms with E-state index in [2.05, 4.69) is 264 Å². The third kappa shape index (κ3) is 5.93. The van der Waals surface area contributed by atoms with Crippen molar-refractivity contribution in [2.45, 2.75) is 0 Å². The molecule has 2 nitrogen and oxygen atoms in total. The molecule has 0 amide bonds. The van der Waals surface area contributed by atoms with Crippen LogP contribution in [0.15, 0.2) is 255 Å². The van der Waals surface area contributed by atoms with E-state index in [1.165, 1.54) is 86.6 Å². The van der Waals surface area contributed by atoms with Gasteiger partial charge in [0.15, 0.2) is 8.07 Å². The van der Waals surface area contributed by atoms with Gasteiger partial charge in [-0.15, -0.1) is 0 Å². The maximum absolute atomic E-state index is 2.87. The molecule has 3 heteroatoms. The zero-order valence-electron chi connectivity index (χ0n) is 34.6. The first-order chi connectivity index (χ1) is 31.3. The van der Waals surface area contributed by atoms with E-state index in [0.29, 0.717) is 0 Å². The van der Waals surface area contributed by atoms with E-state index in [-0.39, 0.29) is 0 Å². The Bertz CT molecular complexity index is 3440. The number of hydrogen-bond donors (Lipinski definition) is 0. The minimum atomic E-state index is -2.87. The normalized spacial score (nSPS) is 11.8. The maximum Gasteiger partial charge on any atom is 0.180 e. The molecule has 0 saturated heterocycles. The first-order valence-electron chi connectivity index (χ1n) is 21.8. The van der Waals surface area contributed by atoms with Gasteiger partial charge in [0.2, 0.25) is 0 Å². The van der Waals surface area contributed by atoms with E-state index in [4.69, 9.17) is 0 Å². The minimum Gasteiger partial charge on any atom is -0.309 e. The Morgan fingerprint density at radius 3 is 1.24 bits per heavy atom. The van der Waals surface area contributed by atoms with Crippen LogP contribution in [-0.4, -0.2) is 17.2 Å². The summed E-state index contributed by atoms with van der Waals surface area (Å²) in [5.74, 6) is 0. The van der Waals surface area contributed by atoms with Gasteiger partial charge in [0.25, 0.3) is 0 Å². The van der Waals surface area contributed by atoms with Gasteiger partial charge in [0.05, 0.1) is 22.1 Å². The molecule has 0 fully saturated rings. The summed E-state index contributed by atoms with van der Waals surface area (Å²) >= 11 is 0. The zero-order valence-corrected chi connectivity index (χ0v) is 35.6. The van der Waals surface area contributed by atoms with E-state index < -0.39 is 8.07 Å². The lowest BCUT2D eigenvalue weighted by molar-refractivity contribution is 1.16. The van der Waals surface area contributed by atoms with Crippen molar-refractivity contribution >= 4 is 72.4 Å². The lowest BCUT2D eigenvalue weighted by atomic mass is 9.98. The molecule has 12 rings (SSSR count). The fraction of sp³-hybridized carbons (Fsp3) is 0. The average molecular weight is 819 g/mol. The highest BCUT2D eigenvalue weighted by molar-refractivity contribution is 7.20. The van der Waals surface area contributed by atoms with Gasteiger partial charge in [0, 0.05) is 32.9 Å². The molecule has 63 heavy (non-hydrogen) atoms. The Morgan fingerprint density at radius 1 is 0.254 bits per heavy atom. The van der Waals surface area contributed by atoms with Gasteiger partial charge in [-0.2, -0.15) is 0 Å². The first-order valence-corrected chi connectivity index (χ1v) is 23.8. The van der Waals surface area contributed by atoms with Crippen LogP contribution >= 0.6 is 0 Å². The van der Waals surface area contributed by atoms with Crippen LogP contribution in [0.25, 0.3) is 77.2 Å². The monoisotopic (exact) mass is 818 g/mol.